The fourth-order valence-corrected chi connectivity index (χ4v) is 2.48. The summed E-state index contributed by atoms with van der Waals surface area (Å²) >= 11 is 0. The third kappa shape index (κ3) is 3.80. The van der Waals surface area contributed by atoms with Crippen LogP contribution in [0.1, 0.15) is 11.1 Å². The third-order valence-electron chi connectivity index (χ3n) is 3.61. The molecule has 2 rings (SSSR count). The first-order chi connectivity index (χ1) is 10.1. The molecule has 1 aromatic rings. The van der Waals surface area contributed by atoms with Crippen LogP contribution in [0, 0.1) is 0 Å². The van der Waals surface area contributed by atoms with Gasteiger partial charge in [0.1, 0.15) is 6.04 Å². The van der Waals surface area contributed by atoms with Crippen molar-refractivity contribution in [1.82, 2.24) is 10.2 Å². The summed E-state index contributed by atoms with van der Waals surface area (Å²) < 4.78 is 4.89. The Morgan fingerprint density at radius 1 is 1.38 bits per heavy atom. The molecular formula is C15H20N2O4. The van der Waals surface area contributed by atoms with Gasteiger partial charge < -0.3 is 20.1 Å². The molecule has 0 saturated carbocycles. The Hall–Kier alpha value is -1.92. The molecule has 0 aromatic heterocycles. The summed E-state index contributed by atoms with van der Waals surface area (Å²) in [5, 5.41) is 12.3. The van der Waals surface area contributed by atoms with E-state index in [9.17, 15) is 14.7 Å². The van der Waals surface area contributed by atoms with E-state index in [-0.39, 0.29) is 12.5 Å². The highest BCUT2D eigenvalue weighted by molar-refractivity contribution is 5.85. The smallest absolute Gasteiger partial charge is 0.326 e. The summed E-state index contributed by atoms with van der Waals surface area (Å²) in [6, 6.07) is 6.85. The van der Waals surface area contributed by atoms with Gasteiger partial charge in [0.25, 0.3) is 0 Å². The number of hydrogen-bond acceptors (Lipinski definition) is 4. The van der Waals surface area contributed by atoms with E-state index in [1.165, 1.54) is 4.90 Å². The Bertz CT molecular complexity index is 518. The lowest BCUT2D eigenvalue weighted by atomic mass is 9.94. The van der Waals surface area contributed by atoms with Crippen molar-refractivity contribution in [3.05, 3.63) is 35.4 Å². The van der Waals surface area contributed by atoms with Crippen molar-refractivity contribution in [3.8, 4) is 0 Å². The minimum atomic E-state index is -0.963. The van der Waals surface area contributed by atoms with E-state index in [1.807, 2.05) is 24.3 Å². The summed E-state index contributed by atoms with van der Waals surface area (Å²) in [6.07, 6.45) is 0.356. The van der Waals surface area contributed by atoms with Gasteiger partial charge in [-0.25, -0.2) is 4.79 Å². The third-order valence-corrected chi connectivity index (χ3v) is 3.61. The van der Waals surface area contributed by atoms with E-state index in [0.29, 0.717) is 26.1 Å². The average Bonchev–Trinajstić information content (AvgIpc) is 2.50. The molecule has 2 N–H and O–H groups in total. The molecule has 1 aromatic carbocycles. The molecule has 21 heavy (non-hydrogen) atoms. The summed E-state index contributed by atoms with van der Waals surface area (Å²) in [4.78, 5) is 25.1. The first kappa shape index (κ1) is 15.5. The molecule has 0 saturated heterocycles. The first-order valence-corrected chi connectivity index (χ1v) is 6.92. The lowest BCUT2D eigenvalue weighted by molar-refractivity contribution is -0.151. The van der Waals surface area contributed by atoms with Crippen molar-refractivity contribution in [2.24, 2.45) is 0 Å². The molecule has 0 spiro atoms. The van der Waals surface area contributed by atoms with E-state index < -0.39 is 12.0 Å². The topological polar surface area (TPSA) is 78.9 Å². The standard InChI is InChI=1S/C15H20N2O4/c1-21-7-6-16-9-14(18)17-10-12-5-3-2-4-11(12)8-13(17)15(19)20/h2-5,13,16H,6-10H2,1H3,(H,19,20)/t13-/m0/s1. The number of methoxy groups -OCH3 is 1. The van der Waals surface area contributed by atoms with Gasteiger partial charge in [-0.05, 0) is 11.1 Å². The van der Waals surface area contributed by atoms with Gasteiger partial charge in [0.15, 0.2) is 0 Å². The van der Waals surface area contributed by atoms with Crippen LogP contribution in [-0.2, 0) is 27.3 Å². The average molecular weight is 292 g/mol. The number of carboxylic acids is 1. The SMILES string of the molecule is COCCNCC(=O)N1Cc2ccccc2C[C@H]1C(=O)O. The zero-order chi connectivity index (χ0) is 15.2. The monoisotopic (exact) mass is 292 g/mol. The van der Waals surface area contributed by atoms with Crippen molar-refractivity contribution in [2.45, 2.75) is 19.0 Å². The van der Waals surface area contributed by atoms with Gasteiger partial charge >= 0.3 is 5.97 Å². The summed E-state index contributed by atoms with van der Waals surface area (Å²) in [7, 11) is 1.59. The molecule has 1 atom stereocenters. The number of nitrogens with zero attached hydrogens (tertiary/aromatic N) is 1. The second-order valence-electron chi connectivity index (χ2n) is 5.02. The number of carbonyl (C=O) groups excluding carboxylic acids is 1. The summed E-state index contributed by atoms with van der Waals surface area (Å²) in [6.45, 7) is 1.54. The van der Waals surface area contributed by atoms with Crippen molar-refractivity contribution in [3.63, 3.8) is 0 Å². The van der Waals surface area contributed by atoms with Crippen LogP contribution in [0.25, 0.3) is 0 Å². The molecule has 1 heterocycles. The van der Waals surface area contributed by atoms with Crippen LogP contribution in [0.15, 0.2) is 24.3 Å². The van der Waals surface area contributed by atoms with Crippen LogP contribution in [0.5, 0.6) is 0 Å². The minimum absolute atomic E-state index is 0.120. The van der Waals surface area contributed by atoms with Gasteiger partial charge in [-0.1, -0.05) is 24.3 Å². The van der Waals surface area contributed by atoms with E-state index in [1.54, 1.807) is 7.11 Å². The van der Waals surface area contributed by atoms with Gasteiger partial charge in [-0.2, -0.15) is 0 Å². The lowest BCUT2D eigenvalue weighted by Crippen LogP contribution is -2.51. The largest absolute Gasteiger partial charge is 0.480 e. The van der Waals surface area contributed by atoms with E-state index in [0.717, 1.165) is 11.1 Å². The van der Waals surface area contributed by atoms with Gasteiger partial charge in [0, 0.05) is 26.6 Å². The number of ether oxygens (including phenoxy) is 1. The zero-order valence-corrected chi connectivity index (χ0v) is 12.0. The highest BCUT2D eigenvalue weighted by Gasteiger charge is 2.33. The Kier molecular flexibility index (Phi) is 5.30. The molecule has 0 radical (unpaired) electrons. The second kappa shape index (κ2) is 7.19. The molecule has 114 valence electrons. The highest BCUT2D eigenvalue weighted by atomic mass is 16.5. The van der Waals surface area contributed by atoms with E-state index in [2.05, 4.69) is 5.32 Å². The Labute approximate surface area is 123 Å². The number of benzene rings is 1. The molecule has 0 aliphatic carbocycles. The van der Waals surface area contributed by atoms with Crippen LogP contribution in [-0.4, -0.2) is 54.7 Å². The summed E-state index contributed by atoms with van der Waals surface area (Å²) in [5.74, 6) is -1.16. The Balaban J connectivity index is 2.06. The number of nitrogens with one attached hydrogen (secondary N) is 1. The molecule has 6 heteroatoms. The lowest BCUT2D eigenvalue weighted by Gasteiger charge is -2.34. The maximum absolute atomic E-state index is 12.2. The number of amides is 1. The highest BCUT2D eigenvalue weighted by Crippen LogP contribution is 2.23. The number of fused-ring (bicyclic) bond motifs is 1. The van der Waals surface area contributed by atoms with Crippen molar-refractivity contribution in [2.75, 3.05) is 26.8 Å². The fourth-order valence-electron chi connectivity index (χ4n) is 2.48. The predicted molar refractivity (Wildman–Crippen MR) is 76.9 cm³/mol. The molecule has 6 nitrogen and oxygen atoms in total. The van der Waals surface area contributed by atoms with Crippen molar-refractivity contribution < 1.29 is 19.4 Å². The molecule has 1 aliphatic rings. The number of carbonyl (C=O) groups is 2. The van der Waals surface area contributed by atoms with Gasteiger partial charge in [0.05, 0.1) is 13.2 Å². The molecular weight excluding hydrogens is 272 g/mol. The van der Waals surface area contributed by atoms with Crippen LogP contribution in [0.3, 0.4) is 0 Å². The second-order valence-corrected chi connectivity index (χ2v) is 5.02. The molecule has 0 fully saturated rings. The number of hydrogen-bond donors (Lipinski definition) is 2. The minimum Gasteiger partial charge on any atom is -0.480 e. The van der Waals surface area contributed by atoms with Crippen LogP contribution >= 0.6 is 0 Å². The number of carboxylic acid groups (broad SMARTS) is 1. The number of aliphatic carboxylic acids is 1. The number of rotatable bonds is 6. The fraction of sp³-hybridized carbons (Fsp3) is 0.467. The van der Waals surface area contributed by atoms with Crippen LogP contribution in [0.2, 0.25) is 0 Å². The molecule has 1 aliphatic heterocycles. The van der Waals surface area contributed by atoms with Crippen molar-refractivity contribution in [1.29, 1.82) is 0 Å². The van der Waals surface area contributed by atoms with Gasteiger partial charge in [-0.15, -0.1) is 0 Å². The Morgan fingerprint density at radius 2 is 2.10 bits per heavy atom. The molecule has 1 amide bonds. The van der Waals surface area contributed by atoms with Crippen molar-refractivity contribution >= 4 is 11.9 Å². The van der Waals surface area contributed by atoms with E-state index >= 15 is 0 Å². The zero-order valence-electron chi connectivity index (χ0n) is 12.0. The van der Waals surface area contributed by atoms with E-state index in [4.69, 9.17) is 4.74 Å². The van der Waals surface area contributed by atoms with Gasteiger partial charge in [0.2, 0.25) is 5.91 Å². The quantitative estimate of drug-likeness (QED) is 0.735. The molecule has 0 unspecified atom stereocenters. The van der Waals surface area contributed by atoms with Crippen LogP contribution < -0.4 is 5.32 Å². The molecule has 0 bridgehead atoms. The Morgan fingerprint density at radius 3 is 2.76 bits per heavy atom. The maximum Gasteiger partial charge on any atom is 0.326 e. The first-order valence-electron chi connectivity index (χ1n) is 6.92. The van der Waals surface area contributed by atoms with Gasteiger partial charge in [-0.3, -0.25) is 4.79 Å². The normalized spacial score (nSPS) is 17.4. The maximum atomic E-state index is 12.2. The van der Waals surface area contributed by atoms with Crippen LogP contribution in [0.4, 0.5) is 0 Å². The summed E-state index contributed by atoms with van der Waals surface area (Å²) in [5.41, 5.74) is 2.02. The predicted octanol–water partition coefficient (Wildman–Crippen LogP) is 0.261.